The number of hydrogen-bond acceptors (Lipinski definition) is 2. The summed E-state index contributed by atoms with van der Waals surface area (Å²) in [7, 11) is 0. The lowest BCUT2D eigenvalue weighted by molar-refractivity contribution is -0.122. The molecule has 12 heavy (non-hydrogen) atoms. The van der Waals surface area contributed by atoms with Gasteiger partial charge in [0.25, 0.3) is 0 Å². The van der Waals surface area contributed by atoms with E-state index in [1.54, 1.807) is 0 Å². The van der Waals surface area contributed by atoms with E-state index in [0.29, 0.717) is 11.7 Å². The number of hydrogen-bond donors (Lipinski definition) is 0. The molecular weight excluding hydrogens is 168 g/mol. The Morgan fingerprint density at radius 3 is 3.08 bits per heavy atom. The molecular formula is C10H16OS. The van der Waals surface area contributed by atoms with Crippen LogP contribution < -0.4 is 0 Å². The third-order valence-electron chi connectivity index (χ3n) is 2.22. The van der Waals surface area contributed by atoms with Crippen LogP contribution in [0.3, 0.4) is 0 Å². The summed E-state index contributed by atoms with van der Waals surface area (Å²) in [4.78, 5) is 11.5. The molecule has 0 spiro atoms. The second kappa shape index (κ2) is 5.41. The Labute approximate surface area is 78.6 Å². The first-order chi connectivity index (χ1) is 5.84. The van der Waals surface area contributed by atoms with Gasteiger partial charge in [-0.25, -0.2) is 0 Å². The summed E-state index contributed by atoms with van der Waals surface area (Å²) in [5.41, 5.74) is 0. The second-order valence-corrected chi connectivity index (χ2v) is 4.36. The van der Waals surface area contributed by atoms with Crippen LogP contribution in [0.15, 0.2) is 12.7 Å². The van der Waals surface area contributed by atoms with E-state index in [1.165, 1.54) is 5.75 Å². The van der Waals surface area contributed by atoms with Crippen LogP contribution in [-0.2, 0) is 4.79 Å². The van der Waals surface area contributed by atoms with Crippen molar-refractivity contribution in [2.24, 2.45) is 5.92 Å². The lowest BCUT2D eigenvalue weighted by Crippen LogP contribution is -2.12. The summed E-state index contributed by atoms with van der Waals surface area (Å²) in [6.45, 7) is 3.64. The number of carbonyl (C=O) groups excluding carboxylic acids is 1. The highest BCUT2D eigenvalue weighted by Gasteiger charge is 2.21. The van der Waals surface area contributed by atoms with Crippen molar-refractivity contribution in [1.29, 1.82) is 0 Å². The minimum atomic E-state index is 0.375. The fraction of sp³-hybridized carbons (Fsp3) is 0.700. The molecule has 1 aliphatic rings. The normalized spacial score (nSPS) is 22.5. The molecule has 0 radical (unpaired) electrons. The second-order valence-electron chi connectivity index (χ2n) is 3.21. The van der Waals surface area contributed by atoms with Crippen LogP contribution in [0.4, 0.5) is 0 Å². The molecule has 1 atom stereocenters. The van der Waals surface area contributed by atoms with Gasteiger partial charge in [0.15, 0.2) is 0 Å². The van der Waals surface area contributed by atoms with Crippen molar-refractivity contribution in [3.05, 3.63) is 12.7 Å². The van der Waals surface area contributed by atoms with Gasteiger partial charge < -0.3 is 0 Å². The molecule has 0 aromatic rings. The van der Waals surface area contributed by atoms with Crippen molar-refractivity contribution >= 4 is 17.5 Å². The van der Waals surface area contributed by atoms with Crippen LogP contribution in [0.25, 0.3) is 0 Å². The lowest BCUT2D eigenvalue weighted by atomic mass is 9.99. The van der Waals surface area contributed by atoms with Crippen LogP contribution in [0.5, 0.6) is 0 Å². The highest BCUT2D eigenvalue weighted by Crippen LogP contribution is 2.25. The van der Waals surface area contributed by atoms with Gasteiger partial charge in [0.05, 0.1) is 0 Å². The monoisotopic (exact) mass is 184 g/mol. The Morgan fingerprint density at radius 1 is 1.67 bits per heavy atom. The zero-order valence-corrected chi connectivity index (χ0v) is 8.24. The molecule has 0 aliphatic carbocycles. The lowest BCUT2D eigenvalue weighted by Gasteiger charge is -2.05. The number of carbonyl (C=O) groups is 1. The largest absolute Gasteiger partial charge is 0.299 e. The summed E-state index contributed by atoms with van der Waals surface area (Å²) < 4.78 is 0. The molecule has 0 saturated carbocycles. The van der Waals surface area contributed by atoms with Crippen molar-refractivity contribution < 1.29 is 4.79 Å². The van der Waals surface area contributed by atoms with Crippen LogP contribution in [0.2, 0.25) is 0 Å². The van der Waals surface area contributed by atoms with Gasteiger partial charge in [0.2, 0.25) is 0 Å². The molecule has 1 unspecified atom stereocenters. The highest BCUT2D eigenvalue weighted by atomic mass is 32.2. The van der Waals surface area contributed by atoms with Crippen LogP contribution in [0.1, 0.15) is 25.7 Å². The van der Waals surface area contributed by atoms with Gasteiger partial charge in [-0.3, -0.25) is 4.79 Å². The molecule has 1 nitrogen and oxygen atoms in total. The number of allylic oxidation sites excluding steroid dienone is 1. The first kappa shape index (κ1) is 9.85. The van der Waals surface area contributed by atoms with Crippen molar-refractivity contribution in [3.63, 3.8) is 0 Å². The quantitative estimate of drug-likeness (QED) is 0.482. The van der Waals surface area contributed by atoms with Crippen molar-refractivity contribution in [1.82, 2.24) is 0 Å². The number of Topliss-reactive ketones (excluding diaryl/α,β-unsaturated/α-hetero) is 1. The highest BCUT2D eigenvalue weighted by molar-refractivity contribution is 7.99. The zero-order chi connectivity index (χ0) is 8.81. The van der Waals surface area contributed by atoms with E-state index in [0.717, 1.165) is 31.4 Å². The summed E-state index contributed by atoms with van der Waals surface area (Å²) in [5.74, 6) is 3.09. The molecule has 1 heterocycles. The Hall–Kier alpha value is -0.240. The molecule has 1 saturated heterocycles. The molecule has 0 aromatic heterocycles. The maximum atomic E-state index is 11.5. The number of unbranched alkanes of at least 4 members (excludes halogenated alkanes) is 1. The van der Waals surface area contributed by atoms with Gasteiger partial charge in [-0.15, -0.1) is 6.58 Å². The molecule has 0 amide bonds. The summed E-state index contributed by atoms with van der Waals surface area (Å²) in [6.07, 6.45) is 5.72. The predicted molar refractivity (Wildman–Crippen MR) is 54.5 cm³/mol. The first-order valence-corrected chi connectivity index (χ1v) is 5.71. The Bertz CT molecular complexity index is 159. The number of thioether (sulfide) groups is 1. The summed E-state index contributed by atoms with van der Waals surface area (Å²) >= 11 is 1.91. The van der Waals surface area contributed by atoms with E-state index in [4.69, 9.17) is 0 Å². The molecule has 2 heteroatoms. The standard InChI is InChI=1S/C10H16OS/c1-2-3-4-5-10(11)9-6-7-12-8-9/h2,9H,1,3-8H2. The van der Waals surface area contributed by atoms with Gasteiger partial charge in [-0.05, 0) is 25.0 Å². The Morgan fingerprint density at radius 2 is 2.50 bits per heavy atom. The maximum absolute atomic E-state index is 11.5. The van der Waals surface area contributed by atoms with E-state index in [2.05, 4.69) is 6.58 Å². The molecule has 0 aromatic carbocycles. The third-order valence-corrected chi connectivity index (χ3v) is 3.38. The van der Waals surface area contributed by atoms with E-state index in [1.807, 2.05) is 17.8 Å². The fourth-order valence-electron chi connectivity index (χ4n) is 1.41. The van der Waals surface area contributed by atoms with Crippen molar-refractivity contribution in [3.8, 4) is 0 Å². The van der Waals surface area contributed by atoms with Crippen molar-refractivity contribution in [2.45, 2.75) is 25.7 Å². The molecule has 1 fully saturated rings. The zero-order valence-electron chi connectivity index (χ0n) is 7.42. The Kier molecular flexibility index (Phi) is 4.44. The molecule has 0 bridgehead atoms. The average molecular weight is 184 g/mol. The van der Waals surface area contributed by atoms with E-state index >= 15 is 0 Å². The fourth-order valence-corrected chi connectivity index (χ4v) is 2.67. The van der Waals surface area contributed by atoms with Crippen LogP contribution in [-0.4, -0.2) is 17.3 Å². The predicted octanol–water partition coefficient (Wildman–Crippen LogP) is 2.66. The molecule has 1 rings (SSSR count). The number of ketones is 1. The molecule has 68 valence electrons. The van der Waals surface area contributed by atoms with Crippen molar-refractivity contribution in [2.75, 3.05) is 11.5 Å². The minimum Gasteiger partial charge on any atom is -0.299 e. The van der Waals surface area contributed by atoms with Crippen LogP contribution >= 0.6 is 11.8 Å². The average Bonchev–Trinajstić information content (AvgIpc) is 2.56. The summed E-state index contributed by atoms with van der Waals surface area (Å²) in [6, 6.07) is 0. The van der Waals surface area contributed by atoms with E-state index in [-0.39, 0.29) is 0 Å². The van der Waals surface area contributed by atoms with Gasteiger partial charge in [-0.1, -0.05) is 6.08 Å². The SMILES string of the molecule is C=CCCCC(=O)C1CCSC1. The van der Waals surface area contributed by atoms with Crippen LogP contribution in [0, 0.1) is 5.92 Å². The first-order valence-electron chi connectivity index (χ1n) is 4.56. The van der Waals surface area contributed by atoms with Gasteiger partial charge >= 0.3 is 0 Å². The smallest absolute Gasteiger partial charge is 0.136 e. The summed E-state index contributed by atoms with van der Waals surface area (Å²) in [5, 5.41) is 0. The Balaban J connectivity index is 2.14. The van der Waals surface area contributed by atoms with E-state index in [9.17, 15) is 4.79 Å². The molecule has 0 N–H and O–H groups in total. The van der Waals surface area contributed by atoms with Gasteiger partial charge in [0, 0.05) is 18.1 Å². The topological polar surface area (TPSA) is 17.1 Å². The minimum absolute atomic E-state index is 0.375. The maximum Gasteiger partial charge on any atom is 0.136 e. The third kappa shape index (κ3) is 3.02. The molecule has 1 aliphatic heterocycles. The number of rotatable bonds is 5. The van der Waals surface area contributed by atoms with E-state index < -0.39 is 0 Å². The van der Waals surface area contributed by atoms with Gasteiger partial charge in [-0.2, -0.15) is 11.8 Å². The van der Waals surface area contributed by atoms with Gasteiger partial charge in [0.1, 0.15) is 5.78 Å².